The molecule has 0 N–H and O–H groups in total. The van der Waals surface area contributed by atoms with Crippen molar-refractivity contribution in [3.05, 3.63) is 57.6 Å². The lowest BCUT2D eigenvalue weighted by Gasteiger charge is -2.14. The van der Waals surface area contributed by atoms with Crippen molar-refractivity contribution >= 4 is 16.9 Å². The molecule has 184 valence electrons. The zero-order valence-electron chi connectivity index (χ0n) is 18.3. The Morgan fingerprint density at radius 1 is 1.03 bits per heavy atom. The third-order valence-electron chi connectivity index (χ3n) is 5.07. The van der Waals surface area contributed by atoms with Crippen LogP contribution in [0.2, 0.25) is 0 Å². The van der Waals surface area contributed by atoms with Crippen LogP contribution in [0.5, 0.6) is 5.75 Å². The van der Waals surface area contributed by atoms with Crippen LogP contribution in [-0.2, 0) is 24.4 Å². The Hall–Kier alpha value is -3.44. The summed E-state index contributed by atoms with van der Waals surface area (Å²) in [7, 11) is 1.37. The van der Waals surface area contributed by atoms with Crippen LogP contribution in [0.25, 0.3) is 16.6 Å². The monoisotopic (exact) mass is 490 g/mol. The van der Waals surface area contributed by atoms with Crippen molar-refractivity contribution in [2.75, 3.05) is 13.2 Å². The highest BCUT2D eigenvalue weighted by atomic mass is 19.4. The van der Waals surface area contributed by atoms with Gasteiger partial charge >= 0.3 is 18.3 Å². The van der Waals surface area contributed by atoms with Gasteiger partial charge in [-0.25, -0.2) is 4.79 Å². The fourth-order valence-electron chi connectivity index (χ4n) is 3.58. The molecule has 1 aromatic carbocycles. The van der Waals surface area contributed by atoms with Gasteiger partial charge in [-0.15, -0.1) is 0 Å². The Kier molecular flexibility index (Phi) is 6.72. The second kappa shape index (κ2) is 9.07. The highest BCUT2D eigenvalue weighted by Crippen LogP contribution is 2.34. The maximum Gasteiger partial charge on any atom is 0.422 e. The van der Waals surface area contributed by atoms with Crippen LogP contribution < -0.4 is 10.3 Å². The van der Waals surface area contributed by atoms with Gasteiger partial charge in [-0.2, -0.15) is 26.3 Å². The molecule has 34 heavy (non-hydrogen) atoms. The second-order valence-electron chi connectivity index (χ2n) is 7.30. The lowest BCUT2D eigenvalue weighted by Crippen LogP contribution is -2.24. The van der Waals surface area contributed by atoms with Gasteiger partial charge in [-0.05, 0) is 43.7 Å². The molecule has 0 aliphatic rings. The molecule has 0 atom stereocenters. The average Bonchev–Trinajstić information content (AvgIpc) is 3.03. The summed E-state index contributed by atoms with van der Waals surface area (Å²) >= 11 is 0. The fraction of sp³-hybridized carbons (Fsp3) is 0.364. The molecule has 0 unspecified atom stereocenters. The first kappa shape index (κ1) is 25.2. The highest BCUT2D eigenvalue weighted by molar-refractivity contribution is 6.01. The molecule has 0 radical (unpaired) electrons. The lowest BCUT2D eigenvalue weighted by molar-refractivity contribution is -0.153. The smallest absolute Gasteiger partial charge is 0.422 e. The Bertz CT molecular complexity index is 1270. The molecule has 0 saturated carbocycles. The van der Waals surface area contributed by atoms with E-state index in [1.807, 2.05) is 0 Å². The number of aromatic nitrogens is 2. The normalized spacial score (nSPS) is 12.3. The third-order valence-corrected chi connectivity index (χ3v) is 5.07. The molecule has 3 aromatic rings. The van der Waals surface area contributed by atoms with Gasteiger partial charge in [0.1, 0.15) is 5.39 Å². The number of carbonyl (C=O) groups excluding carboxylic acids is 1. The maximum atomic E-state index is 13.5. The van der Waals surface area contributed by atoms with Crippen molar-refractivity contribution in [1.29, 1.82) is 0 Å². The summed E-state index contributed by atoms with van der Waals surface area (Å²) in [6.07, 6.45) is -9.09. The van der Waals surface area contributed by atoms with E-state index in [0.717, 1.165) is 28.8 Å². The number of rotatable bonds is 6. The van der Waals surface area contributed by atoms with Gasteiger partial charge in [-0.3, -0.25) is 9.36 Å². The summed E-state index contributed by atoms with van der Waals surface area (Å²) in [4.78, 5) is 26.0. The number of hydrogen-bond donors (Lipinski definition) is 0. The van der Waals surface area contributed by atoms with Crippen LogP contribution >= 0.6 is 0 Å². The number of alkyl halides is 6. The largest absolute Gasteiger partial charge is 0.481 e. The summed E-state index contributed by atoms with van der Waals surface area (Å²) in [5.74, 6) is -1.60. The molecule has 0 aliphatic carbocycles. The molecule has 0 amide bonds. The van der Waals surface area contributed by atoms with E-state index in [1.54, 1.807) is 6.92 Å². The zero-order valence-corrected chi connectivity index (χ0v) is 18.3. The number of nitrogens with zero attached hydrogens (tertiary/aromatic N) is 2. The topological polar surface area (TPSA) is 62.5 Å². The molecule has 0 aliphatic heterocycles. The SMILES string of the molecule is CCOC(=O)c1c(OCC(F)(F)F)c2c(=O)n(-c3ccc(C(F)(F)F)cc3)c(CC)cc2n1C. The Balaban J connectivity index is 2.33. The number of hydrogen-bond acceptors (Lipinski definition) is 4. The van der Waals surface area contributed by atoms with E-state index in [0.29, 0.717) is 5.69 Å². The molecule has 0 spiro atoms. The summed E-state index contributed by atoms with van der Waals surface area (Å²) in [6, 6.07) is 5.22. The van der Waals surface area contributed by atoms with Crippen molar-refractivity contribution in [3.8, 4) is 11.4 Å². The van der Waals surface area contributed by atoms with Crippen LogP contribution in [-0.4, -0.2) is 34.5 Å². The van der Waals surface area contributed by atoms with Crippen LogP contribution in [0.15, 0.2) is 35.1 Å². The number of fused-ring (bicyclic) bond motifs is 1. The van der Waals surface area contributed by atoms with Crippen molar-refractivity contribution in [3.63, 3.8) is 0 Å². The predicted molar refractivity (Wildman–Crippen MR) is 110 cm³/mol. The standard InChI is InChI=1S/C22H20F6N2O4/c1-4-13-10-15-16(19(31)30(13)14-8-6-12(7-9-14)22(26,27)28)18(34-11-21(23,24)25)17(29(15)3)20(32)33-5-2/h6-10H,4-5,11H2,1-3H3. The summed E-state index contributed by atoms with van der Waals surface area (Å²) in [5, 5.41) is -0.327. The van der Waals surface area contributed by atoms with Crippen LogP contribution in [0.1, 0.15) is 35.6 Å². The molecular formula is C22H20F6N2O4. The van der Waals surface area contributed by atoms with Gasteiger partial charge in [0, 0.05) is 18.4 Å². The minimum atomic E-state index is -4.76. The molecule has 2 aromatic heterocycles. The second-order valence-corrected chi connectivity index (χ2v) is 7.30. The number of ether oxygens (including phenoxy) is 2. The maximum absolute atomic E-state index is 13.5. The minimum Gasteiger partial charge on any atom is -0.481 e. The van der Waals surface area contributed by atoms with Gasteiger partial charge < -0.3 is 14.0 Å². The summed E-state index contributed by atoms with van der Waals surface area (Å²) < 4.78 is 89.7. The molecule has 0 bridgehead atoms. The number of pyridine rings is 1. The predicted octanol–water partition coefficient (Wildman–Crippen LogP) is 5.03. The Morgan fingerprint density at radius 3 is 2.15 bits per heavy atom. The fourth-order valence-corrected chi connectivity index (χ4v) is 3.58. The van der Waals surface area contributed by atoms with Gasteiger partial charge in [0.2, 0.25) is 0 Å². The molecule has 0 saturated heterocycles. The quantitative estimate of drug-likeness (QED) is 0.359. The number of carbonyl (C=O) groups is 1. The minimum absolute atomic E-state index is 0.0695. The molecule has 2 heterocycles. The van der Waals surface area contributed by atoms with Crippen molar-refractivity contribution in [1.82, 2.24) is 9.13 Å². The average molecular weight is 490 g/mol. The molecule has 0 fully saturated rings. The number of benzene rings is 1. The molecule has 12 heteroatoms. The van der Waals surface area contributed by atoms with Crippen LogP contribution in [0.3, 0.4) is 0 Å². The number of halogens is 6. The van der Waals surface area contributed by atoms with Gasteiger partial charge in [-0.1, -0.05) is 6.92 Å². The van der Waals surface area contributed by atoms with Crippen molar-refractivity contribution in [2.45, 2.75) is 32.6 Å². The zero-order chi connectivity index (χ0) is 25.4. The summed E-state index contributed by atoms with van der Waals surface area (Å²) in [5.41, 5.74) is -1.62. The van der Waals surface area contributed by atoms with Gasteiger partial charge in [0.25, 0.3) is 5.56 Å². The van der Waals surface area contributed by atoms with E-state index >= 15 is 0 Å². The van der Waals surface area contributed by atoms with E-state index in [1.165, 1.54) is 24.6 Å². The highest BCUT2D eigenvalue weighted by Gasteiger charge is 2.34. The van der Waals surface area contributed by atoms with E-state index in [-0.39, 0.29) is 35.3 Å². The number of aryl methyl sites for hydroxylation is 2. The van der Waals surface area contributed by atoms with Gasteiger partial charge in [0.05, 0.1) is 17.7 Å². The van der Waals surface area contributed by atoms with E-state index in [2.05, 4.69) is 0 Å². The first-order chi connectivity index (χ1) is 15.8. The molecule has 3 rings (SSSR count). The number of esters is 1. The molecule has 6 nitrogen and oxygen atoms in total. The van der Waals surface area contributed by atoms with E-state index in [9.17, 15) is 35.9 Å². The first-order valence-corrected chi connectivity index (χ1v) is 10.1. The van der Waals surface area contributed by atoms with Crippen molar-refractivity contribution < 1.29 is 40.6 Å². The Labute approximate surface area is 189 Å². The Morgan fingerprint density at radius 2 is 1.65 bits per heavy atom. The molecular weight excluding hydrogens is 470 g/mol. The van der Waals surface area contributed by atoms with Crippen molar-refractivity contribution in [2.24, 2.45) is 7.05 Å². The van der Waals surface area contributed by atoms with Crippen LogP contribution in [0, 0.1) is 0 Å². The first-order valence-electron chi connectivity index (χ1n) is 10.1. The third kappa shape index (κ3) is 4.75. The lowest BCUT2D eigenvalue weighted by atomic mass is 10.1. The van der Waals surface area contributed by atoms with Crippen LogP contribution in [0.4, 0.5) is 26.3 Å². The van der Waals surface area contributed by atoms with Gasteiger partial charge in [0.15, 0.2) is 18.1 Å². The summed E-state index contributed by atoms with van der Waals surface area (Å²) in [6.45, 7) is 1.35. The van der Waals surface area contributed by atoms with E-state index in [4.69, 9.17) is 9.47 Å². The van der Waals surface area contributed by atoms with E-state index < -0.39 is 41.8 Å².